The molecule has 1 aromatic rings. The Labute approximate surface area is 133 Å². The maximum Gasteiger partial charge on any atom is 0.414 e. The van der Waals surface area contributed by atoms with Crippen LogP contribution < -0.4 is 5.32 Å². The van der Waals surface area contributed by atoms with Gasteiger partial charge in [-0.25, -0.2) is 14.4 Å². The minimum absolute atomic E-state index is 0.0228. The summed E-state index contributed by atoms with van der Waals surface area (Å²) in [5.41, 5.74) is -0.303. The van der Waals surface area contributed by atoms with Crippen LogP contribution in [0.25, 0.3) is 0 Å². The van der Waals surface area contributed by atoms with Crippen molar-refractivity contribution in [1.29, 1.82) is 0 Å². The summed E-state index contributed by atoms with van der Waals surface area (Å²) < 4.78 is 19.8. The Morgan fingerprint density at radius 1 is 1.09 bits per heavy atom. The quantitative estimate of drug-likeness (QED) is 0.467. The van der Waals surface area contributed by atoms with Crippen LogP contribution in [0, 0.1) is 6.92 Å². The molecule has 8 nitrogen and oxygen atoms in total. The number of rotatable bonds is 7. The number of esters is 2. The van der Waals surface area contributed by atoms with E-state index in [-0.39, 0.29) is 42.6 Å². The molecule has 1 aromatic heterocycles. The van der Waals surface area contributed by atoms with Crippen LogP contribution in [0.2, 0.25) is 0 Å². The molecule has 0 aliphatic heterocycles. The van der Waals surface area contributed by atoms with E-state index in [1.165, 1.54) is 13.0 Å². The molecule has 8 heteroatoms. The summed E-state index contributed by atoms with van der Waals surface area (Å²) in [6.45, 7) is 8.30. The fourth-order valence-corrected chi connectivity index (χ4v) is 1.74. The van der Waals surface area contributed by atoms with Gasteiger partial charge in [-0.05, 0) is 20.8 Å². The first kappa shape index (κ1) is 18.3. The van der Waals surface area contributed by atoms with Gasteiger partial charge in [-0.15, -0.1) is 0 Å². The molecule has 0 bridgehead atoms. The zero-order chi connectivity index (χ0) is 17.4. The third-order valence-corrected chi connectivity index (χ3v) is 2.59. The molecular formula is C15H19NO7. The molecule has 23 heavy (non-hydrogen) atoms. The molecule has 0 aliphatic rings. The van der Waals surface area contributed by atoms with Crippen molar-refractivity contribution in [2.75, 3.05) is 25.1 Å². The van der Waals surface area contributed by atoms with Crippen molar-refractivity contribution < 1.29 is 33.0 Å². The Kier molecular flexibility index (Phi) is 6.85. The lowest BCUT2D eigenvalue weighted by molar-refractivity contribution is 0.0480. The number of aryl methyl sites for hydroxylation is 1. The fraction of sp³-hybridized carbons (Fsp3) is 0.400. The molecule has 0 saturated heterocycles. The van der Waals surface area contributed by atoms with E-state index in [9.17, 15) is 14.4 Å². The smallest absolute Gasteiger partial charge is 0.414 e. The van der Waals surface area contributed by atoms with Crippen molar-refractivity contribution >= 4 is 23.9 Å². The third kappa shape index (κ3) is 4.60. The molecule has 1 amide bonds. The Balaban J connectivity index is 3.21. The lowest BCUT2D eigenvalue weighted by Gasteiger charge is -2.06. The normalized spacial score (nSPS) is 9.87. The first-order valence-electron chi connectivity index (χ1n) is 6.98. The average molecular weight is 325 g/mol. The number of anilines is 1. The van der Waals surface area contributed by atoms with Crippen molar-refractivity contribution in [1.82, 2.24) is 0 Å². The summed E-state index contributed by atoms with van der Waals surface area (Å²) in [5, 5.41) is 2.26. The molecule has 0 unspecified atom stereocenters. The fourth-order valence-electron chi connectivity index (χ4n) is 1.74. The second kappa shape index (κ2) is 8.62. The van der Waals surface area contributed by atoms with Crippen molar-refractivity contribution in [2.45, 2.75) is 20.8 Å². The zero-order valence-electron chi connectivity index (χ0n) is 13.3. The van der Waals surface area contributed by atoms with E-state index >= 15 is 0 Å². The Bertz CT molecular complexity index is 603. The van der Waals surface area contributed by atoms with Gasteiger partial charge in [0.05, 0.1) is 13.2 Å². The van der Waals surface area contributed by atoms with Crippen LogP contribution in [-0.2, 0) is 14.2 Å². The van der Waals surface area contributed by atoms with Crippen LogP contribution in [0.4, 0.5) is 10.7 Å². The van der Waals surface area contributed by atoms with Crippen LogP contribution >= 0.6 is 0 Å². The molecule has 0 fully saturated rings. The Morgan fingerprint density at radius 3 is 2.17 bits per heavy atom. The Morgan fingerprint density at radius 2 is 1.65 bits per heavy atom. The molecule has 126 valence electrons. The van der Waals surface area contributed by atoms with Crippen LogP contribution in [0.1, 0.15) is 40.3 Å². The van der Waals surface area contributed by atoms with Crippen LogP contribution in [0.15, 0.2) is 17.1 Å². The number of hydrogen-bond donors (Lipinski definition) is 1. The van der Waals surface area contributed by atoms with Gasteiger partial charge in [-0.2, -0.15) is 0 Å². The standard InChI is InChI=1S/C15H19NO7/c1-5-8-22-15(19)16-12-11(14(18)21-7-3)10(9(4)23-12)13(17)20-6-2/h5H,1,6-8H2,2-4H3,(H,16,19). The number of carbonyl (C=O) groups is 3. The van der Waals surface area contributed by atoms with Gasteiger partial charge >= 0.3 is 18.0 Å². The second-order valence-corrected chi connectivity index (χ2v) is 4.19. The minimum Gasteiger partial charge on any atom is -0.462 e. The van der Waals surface area contributed by atoms with Crippen LogP contribution in [-0.4, -0.2) is 37.9 Å². The van der Waals surface area contributed by atoms with E-state index in [4.69, 9.17) is 18.6 Å². The van der Waals surface area contributed by atoms with Crippen molar-refractivity contribution in [3.05, 3.63) is 29.5 Å². The number of amides is 1. The number of carbonyl (C=O) groups excluding carboxylic acids is 3. The predicted octanol–water partition coefficient (Wildman–Crippen LogP) is 2.68. The molecule has 0 radical (unpaired) electrons. The lowest BCUT2D eigenvalue weighted by Crippen LogP contribution is -2.18. The van der Waals surface area contributed by atoms with Gasteiger partial charge in [0.15, 0.2) is 0 Å². The monoisotopic (exact) mass is 325 g/mol. The SMILES string of the molecule is C=CCOC(=O)Nc1oc(C)c(C(=O)OCC)c1C(=O)OCC. The molecule has 0 atom stereocenters. The summed E-state index contributed by atoms with van der Waals surface area (Å²) in [4.78, 5) is 35.7. The predicted molar refractivity (Wildman–Crippen MR) is 80.5 cm³/mol. The summed E-state index contributed by atoms with van der Waals surface area (Å²) in [7, 11) is 0. The zero-order valence-corrected chi connectivity index (χ0v) is 13.3. The van der Waals surface area contributed by atoms with Gasteiger partial charge in [0.1, 0.15) is 23.5 Å². The maximum absolute atomic E-state index is 12.1. The molecule has 0 aromatic carbocycles. The molecule has 0 aliphatic carbocycles. The van der Waals surface area contributed by atoms with E-state index in [1.54, 1.807) is 13.8 Å². The van der Waals surface area contributed by atoms with Crippen LogP contribution in [0.3, 0.4) is 0 Å². The third-order valence-electron chi connectivity index (χ3n) is 2.59. The van der Waals surface area contributed by atoms with E-state index in [1.807, 2.05) is 0 Å². The van der Waals surface area contributed by atoms with Gasteiger partial charge in [-0.3, -0.25) is 5.32 Å². The van der Waals surface area contributed by atoms with Crippen molar-refractivity contribution in [3.63, 3.8) is 0 Å². The second-order valence-electron chi connectivity index (χ2n) is 4.19. The summed E-state index contributed by atoms with van der Waals surface area (Å²) in [6.07, 6.45) is 0.517. The number of furan rings is 1. The molecule has 1 rings (SSSR count). The number of ether oxygens (including phenoxy) is 3. The maximum atomic E-state index is 12.1. The highest BCUT2D eigenvalue weighted by molar-refractivity contribution is 6.08. The highest BCUT2D eigenvalue weighted by Crippen LogP contribution is 2.29. The highest BCUT2D eigenvalue weighted by Gasteiger charge is 2.31. The Hall–Kier alpha value is -2.77. The van der Waals surface area contributed by atoms with E-state index in [0.717, 1.165) is 0 Å². The van der Waals surface area contributed by atoms with Crippen molar-refractivity contribution in [2.24, 2.45) is 0 Å². The average Bonchev–Trinajstić information content (AvgIpc) is 2.81. The topological polar surface area (TPSA) is 104 Å². The number of nitrogens with one attached hydrogen (secondary N) is 1. The molecule has 1 N–H and O–H groups in total. The van der Waals surface area contributed by atoms with Gasteiger partial charge < -0.3 is 18.6 Å². The highest BCUT2D eigenvalue weighted by atomic mass is 16.6. The van der Waals surface area contributed by atoms with E-state index in [2.05, 4.69) is 11.9 Å². The molecule has 0 saturated carbocycles. The van der Waals surface area contributed by atoms with Crippen molar-refractivity contribution in [3.8, 4) is 0 Å². The van der Waals surface area contributed by atoms with Gasteiger partial charge in [0.2, 0.25) is 5.88 Å². The van der Waals surface area contributed by atoms with Gasteiger partial charge in [-0.1, -0.05) is 12.7 Å². The molecule has 0 spiro atoms. The van der Waals surface area contributed by atoms with Crippen LogP contribution in [0.5, 0.6) is 0 Å². The molecular weight excluding hydrogens is 306 g/mol. The first-order chi connectivity index (χ1) is 11.0. The van der Waals surface area contributed by atoms with Gasteiger partial charge in [0, 0.05) is 0 Å². The largest absolute Gasteiger partial charge is 0.462 e. The summed E-state index contributed by atoms with van der Waals surface area (Å²) in [5.74, 6) is -1.68. The van der Waals surface area contributed by atoms with E-state index in [0.29, 0.717) is 0 Å². The lowest BCUT2D eigenvalue weighted by atomic mass is 10.1. The summed E-state index contributed by atoms with van der Waals surface area (Å²) in [6, 6.07) is 0. The van der Waals surface area contributed by atoms with Gasteiger partial charge in [0.25, 0.3) is 0 Å². The first-order valence-corrected chi connectivity index (χ1v) is 6.98. The summed E-state index contributed by atoms with van der Waals surface area (Å²) >= 11 is 0. The number of hydrogen-bond acceptors (Lipinski definition) is 7. The minimum atomic E-state index is -0.861. The van der Waals surface area contributed by atoms with E-state index < -0.39 is 18.0 Å². The molecule has 1 heterocycles.